The SMILES string of the molecule is CC1CN(CCN(C)C)C(C)CC1O. The maximum absolute atomic E-state index is 9.71. The van der Waals surface area contributed by atoms with Crippen LogP contribution in [0.4, 0.5) is 0 Å². The summed E-state index contributed by atoms with van der Waals surface area (Å²) in [7, 11) is 4.21. The molecule has 1 aliphatic heterocycles. The molecule has 0 aromatic rings. The van der Waals surface area contributed by atoms with Crippen LogP contribution in [0, 0.1) is 5.92 Å². The Labute approximate surface area is 87.7 Å². The van der Waals surface area contributed by atoms with E-state index >= 15 is 0 Å². The first-order valence-corrected chi connectivity index (χ1v) is 5.57. The summed E-state index contributed by atoms with van der Waals surface area (Å²) in [4.78, 5) is 4.69. The van der Waals surface area contributed by atoms with E-state index < -0.39 is 0 Å². The smallest absolute Gasteiger partial charge is 0.0592 e. The molecule has 1 N–H and O–H groups in total. The maximum atomic E-state index is 9.71. The molecular weight excluding hydrogens is 176 g/mol. The van der Waals surface area contributed by atoms with Crippen LogP contribution in [0.1, 0.15) is 20.3 Å². The average Bonchev–Trinajstić information content (AvgIpc) is 2.09. The summed E-state index contributed by atoms with van der Waals surface area (Å²) < 4.78 is 0. The van der Waals surface area contributed by atoms with E-state index in [0.29, 0.717) is 12.0 Å². The molecule has 0 spiro atoms. The molecule has 1 heterocycles. The zero-order valence-corrected chi connectivity index (χ0v) is 9.90. The molecule has 0 aliphatic carbocycles. The maximum Gasteiger partial charge on any atom is 0.0592 e. The van der Waals surface area contributed by atoms with Gasteiger partial charge in [0.2, 0.25) is 0 Å². The molecule has 0 aromatic carbocycles. The van der Waals surface area contributed by atoms with Crippen LogP contribution in [0.5, 0.6) is 0 Å². The normalized spacial score (nSPS) is 35.1. The van der Waals surface area contributed by atoms with Crippen LogP contribution in [-0.2, 0) is 0 Å². The van der Waals surface area contributed by atoms with Crippen LogP contribution in [0.25, 0.3) is 0 Å². The molecule has 1 fully saturated rings. The Bertz CT molecular complexity index is 173. The fourth-order valence-electron chi connectivity index (χ4n) is 2.04. The first-order valence-electron chi connectivity index (χ1n) is 5.57. The lowest BCUT2D eigenvalue weighted by molar-refractivity contribution is 0.00371. The molecule has 1 aliphatic rings. The Hall–Kier alpha value is -0.120. The van der Waals surface area contributed by atoms with Crippen LogP contribution in [0.3, 0.4) is 0 Å². The number of rotatable bonds is 3. The molecule has 0 aromatic heterocycles. The van der Waals surface area contributed by atoms with Crippen molar-refractivity contribution in [3.63, 3.8) is 0 Å². The second-order valence-corrected chi connectivity index (χ2v) is 4.93. The molecule has 3 atom stereocenters. The highest BCUT2D eigenvalue weighted by atomic mass is 16.3. The van der Waals surface area contributed by atoms with Crippen molar-refractivity contribution in [1.82, 2.24) is 9.80 Å². The van der Waals surface area contributed by atoms with Crippen LogP contribution in [-0.4, -0.2) is 60.8 Å². The van der Waals surface area contributed by atoms with E-state index in [1.807, 2.05) is 0 Å². The minimum absolute atomic E-state index is 0.0967. The van der Waals surface area contributed by atoms with E-state index in [-0.39, 0.29) is 6.10 Å². The first kappa shape index (κ1) is 12.0. The van der Waals surface area contributed by atoms with Gasteiger partial charge < -0.3 is 10.0 Å². The van der Waals surface area contributed by atoms with Gasteiger partial charge in [-0.1, -0.05) is 6.92 Å². The highest BCUT2D eigenvalue weighted by Crippen LogP contribution is 2.21. The summed E-state index contributed by atoms with van der Waals surface area (Å²) in [5.41, 5.74) is 0. The second kappa shape index (κ2) is 5.10. The minimum atomic E-state index is -0.0967. The number of aliphatic hydroxyl groups is 1. The molecule has 0 bridgehead atoms. The second-order valence-electron chi connectivity index (χ2n) is 4.93. The molecule has 0 amide bonds. The number of aliphatic hydroxyl groups excluding tert-OH is 1. The van der Waals surface area contributed by atoms with Crippen molar-refractivity contribution in [2.45, 2.75) is 32.4 Å². The van der Waals surface area contributed by atoms with Gasteiger partial charge in [-0.15, -0.1) is 0 Å². The van der Waals surface area contributed by atoms with Crippen molar-refractivity contribution >= 4 is 0 Å². The predicted molar refractivity (Wildman–Crippen MR) is 59.4 cm³/mol. The average molecular weight is 200 g/mol. The lowest BCUT2D eigenvalue weighted by Crippen LogP contribution is -2.49. The fraction of sp³-hybridized carbons (Fsp3) is 1.00. The van der Waals surface area contributed by atoms with Gasteiger partial charge in [-0.05, 0) is 33.4 Å². The van der Waals surface area contributed by atoms with Gasteiger partial charge in [-0.3, -0.25) is 4.90 Å². The summed E-state index contributed by atoms with van der Waals surface area (Å²) >= 11 is 0. The molecule has 14 heavy (non-hydrogen) atoms. The molecular formula is C11H24N2O. The highest BCUT2D eigenvalue weighted by Gasteiger charge is 2.28. The topological polar surface area (TPSA) is 26.7 Å². The van der Waals surface area contributed by atoms with E-state index in [4.69, 9.17) is 0 Å². The molecule has 3 nitrogen and oxygen atoms in total. The Morgan fingerprint density at radius 2 is 2.00 bits per heavy atom. The van der Waals surface area contributed by atoms with Crippen molar-refractivity contribution < 1.29 is 5.11 Å². The molecule has 0 saturated carbocycles. The quantitative estimate of drug-likeness (QED) is 0.724. The van der Waals surface area contributed by atoms with Gasteiger partial charge in [0.15, 0.2) is 0 Å². The molecule has 1 saturated heterocycles. The van der Waals surface area contributed by atoms with Gasteiger partial charge in [0, 0.05) is 25.7 Å². The number of hydrogen-bond acceptors (Lipinski definition) is 3. The largest absolute Gasteiger partial charge is 0.393 e. The lowest BCUT2D eigenvalue weighted by Gasteiger charge is -2.40. The van der Waals surface area contributed by atoms with Crippen molar-refractivity contribution in [2.75, 3.05) is 33.7 Å². The summed E-state index contributed by atoms with van der Waals surface area (Å²) in [5.74, 6) is 0.424. The van der Waals surface area contributed by atoms with Crippen molar-refractivity contribution in [3.8, 4) is 0 Å². The third-order valence-corrected chi connectivity index (χ3v) is 3.22. The lowest BCUT2D eigenvalue weighted by atomic mass is 9.92. The van der Waals surface area contributed by atoms with Crippen LogP contribution in [0.15, 0.2) is 0 Å². The Morgan fingerprint density at radius 1 is 1.36 bits per heavy atom. The van der Waals surface area contributed by atoms with Gasteiger partial charge >= 0.3 is 0 Å². The number of likely N-dealkylation sites (tertiary alicyclic amines) is 1. The van der Waals surface area contributed by atoms with Gasteiger partial charge in [0.05, 0.1) is 6.10 Å². The third kappa shape index (κ3) is 3.23. The van der Waals surface area contributed by atoms with Gasteiger partial charge in [0.1, 0.15) is 0 Å². The van der Waals surface area contributed by atoms with Gasteiger partial charge in [0.25, 0.3) is 0 Å². The van der Waals surface area contributed by atoms with E-state index in [0.717, 1.165) is 26.1 Å². The van der Waals surface area contributed by atoms with E-state index in [2.05, 4.69) is 37.7 Å². The number of piperidine rings is 1. The van der Waals surface area contributed by atoms with Crippen LogP contribution < -0.4 is 0 Å². The minimum Gasteiger partial charge on any atom is -0.393 e. The number of nitrogens with zero attached hydrogens (tertiary/aromatic N) is 2. The Balaban J connectivity index is 2.37. The van der Waals surface area contributed by atoms with Gasteiger partial charge in [-0.25, -0.2) is 0 Å². The van der Waals surface area contributed by atoms with Crippen LogP contribution >= 0.6 is 0 Å². The zero-order chi connectivity index (χ0) is 10.7. The van der Waals surface area contributed by atoms with E-state index in [1.54, 1.807) is 0 Å². The van der Waals surface area contributed by atoms with Crippen LogP contribution in [0.2, 0.25) is 0 Å². The molecule has 3 unspecified atom stereocenters. The van der Waals surface area contributed by atoms with E-state index in [9.17, 15) is 5.11 Å². The first-order chi connectivity index (χ1) is 6.50. The summed E-state index contributed by atoms with van der Waals surface area (Å²) in [6.45, 7) is 7.61. The number of likely N-dealkylation sites (N-methyl/N-ethyl adjacent to an activating group) is 1. The fourth-order valence-corrected chi connectivity index (χ4v) is 2.04. The summed E-state index contributed by atoms with van der Waals surface area (Å²) in [6.07, 6.45) is 0.829. The van der Waals surface area contributed by atoms with Crippen molar-refractivity contribution in [1.29, 1.82) is 0 Å². The summed E-state index contributed by atoms with van der Waals surface area (Å²) in [5, 5.41) is 9.71. The number of hydrogen-bond donors (Lipinski definition) is 1. The summed E-state index contributed by atoms with van der Waals surface area (Å²) in [6, 6.07) is 0.529. The zero-order valence-electron chi connectivity index (χ0n) is 9.90. The van der Waals surface area contributed by atoms with E-state index in [1.165, 1.54) is 0 Å². The standard InChI is InChI=1S/C11H24N2O/c1-9-8-13(6-5-12(3)4)10(2)7-11(9)14/h9-11,14H,5-8H2,1-4H3. The highest BCUT2D eigenvalue weighted by molar-refractivity contribution is 4.83. The third-order valence-electron chi connectivity index (χ3n) is 3.22. The molecule has 1 rings (SSSR count). The van der Waals surface area contributed by atoms with Crippen molar-refractivity contribution in [3.05, 3.63) is 0 Å². The molecule has 0 radical (unpaired) electrons. The predicted octanol–water partition coefficient (Wildman–Crippen LogP) is 0.639. The molecule has 3 heteroatoms. The van der Waals surface area contributed by atoms with Crippen molar-refractivity contribution in [2.24, 2.45) is 5.92 Å². The van der Waals surface area contributed by atoms with Gasteiger partial charge in [-0.2, -0.15) is 0 Å². The Morgan fingerprint density at radius 3 is 2.57 bits per heavy atom. The Kier molecular flexibility index (Phi) is 4.35. The molecule has 84 valence electrons. The monoisotopic (exact) mass is 200 g/mol.